The van der Waals surface area contributed by atoms with E-state index < -0.39 is 52.4 Å². The van der Waals surface area contributed by atoms with Crippen LogP contribution in [0.2, 0.25) is 0 Å². The third-order valence-electron chi connectivity index (χ3n) is 8.16. The predicted molar refractivity (Wildman–Crippen MR) is 189 cm³/mol. The first kappa shape index (κ1) is 39.2. The molecule has 53 heavy (non-hydrogen) atoms. The minimum atomic E-state index is -1.37. The fourth-order valence-corrected chi connectivity index (χ4v) is 5.74. The van der Waals surface area contributed by atoms with Crippen molar-refractivity contribution in [2.75, 3.05) is 26.4 Å². The second-order valence-corrected chi connectivity index (χ2v) is 11.3. The van der Waals surface area contributed by atoms with Crippen LogP contribution in [0, 0.1) is 0 Å². The van der Waals surface area contributed by atoms with Gasteiger partial charge in [-0.1, -0.05) is 97.1 Å². The molecule has 0 radical (unpaired) electrons. The number of hydrogen-bond donors (Lipinski definition) is 0. The van der Waals surface area contributed by atoms with Crippen molar-refractivity contribution in [2.24, 2.45) is 0 Å². The van der Waals surface area contributed by atoms with Crippen LogP contribution in [-0.4, -0.2) is 73.4 Å². The third-order valence-corrected chi connectivity index (χ3v) is 8.16. The van der Waals surface area contributed by atoms with Crippen LogP contribution in [0.5, 0.6) is 0 Å². The van der Waals surface area contributed by atoms with E-state index in [0.29, 0.717) is 22.3 Å². The van der Waals surface area contributed by atoms with Crippen LogP contribution < -0.4 is 0 Å². The minimum Gasteiger partial charge on any atom is -0.460 e. The van der Waals surface area contributed by atoms with Crippen LogP contribution in [0.4, 0.5) is 0 Å². The number of benzene rings is 4. The van der Waals surface area contributed by atoms with E-state index in [0.717, 1.165) is 0 Å². The number of carbonyl (C=O) groups is 8. The molecular formula is C41H36O12. The lowest BCUT2D eigenvalue weighted by Crippen LogP contribution is -2.32. The first-order chi connectivity index (χ1) is 25.4. The fourth-order valence-electron chi connectivity index (χ4n) is 5.74. The Morgan fingerprint density at radius 2 is 0.509 bits per heavy atom. The van der Waals surface area contributed by atoms with Gasteiger partial charge in [0.05, 0.1) is 31.8 Å². The normalized spacial score (nSPS) is 10.8. The Morgan fingerprint density at radius 3 is 0.660 bits per heavy atom. The summed E-state index contributed by atoms with van der Waals surface area (Å²) in [4.78, 5) is 100. The summed E-state index contributed by atoms with van der Waals surface area (Å²) in [7, 11) is 0. The lowest BCUT2D eigenvalue weighted by Gasteiger charge is -2.37. The standard InChI is InChI=1S/C41H36O12/c1-5-50-37(46)33(42)25-9-17-29(18-10-25)41(30-19-11-26(12-20-30)34(43)38(47)51-6-2,31-21-13-27(14-22-31)35(44)39(48)52-7-3)32-23-15-28(16-24-32)36(45)40(49)53-8-4/h9-24H,5-8H2,1-4H3. The molecule has 12 heteroatoms. The van der Waals surface area contributed by atoms with Gasteiger partial charge in [-0.25, -0.2) is 19.2 Å². The van der Waals surface area contributed by atoms with Gasteiger partial charge in [-0.05, 0) is 49.9 Å². The molecule has 0 bridgehead atoms. The van der Waals surface area contributed by atoms with E-state index >= 15 is 0 Å². The number of Topliss-reactive ketones (excluding diaryl/α,β-unsaturated/α-hetero) is 4. The van der Waals surface area contributed by atoms with Crippen molar-refractivity contribution in [3.63, 3.8) is 0 Å². The first-order valence-electron chi connectivity index (χ1n) is 16.7. The van der Waals surface area contributed by atoms with Gasteiger partial charge >= 0.3 is 23.9 Å². The zero-order valence-corrected chi connectivity index (χ0v) is 29.5. The van der Waals surface area contributed by atoms with Crippen LogP contribution in [0.3, 0.4) is 0 Å². The number of carbonyl (C=O) groups excluding carboxylic acids is 8. The highest BCUT2D eigenvalue weighted by Crippen LogP contribution is 2.45. The van der Waals surface area contributed by atoms with E-state index in [1.54, 1.807) is 76.2 Å². The lowest BCUT2D eigenvalue weighted by molar-refractivity contribution is -0.138. The molecule has 4 aromatic carbocycles. The Bertz CT molecular complexity index is 1730. The molecule has 0 amide bonds. The summed E-state index contributed by atoms with van der Waals surface area (Å²) in [5.74, 6) is -7.59. The van der Waals surface area contributed by atoms with Crippen molar-refractivity contribution < 1.29 is 57.3 Å². The molecule has 0 aliphatic carbocycles. The molecule has 0 saturated heterocycles. The molecule has 0 atom stereocenters. The summed E-state index contributed by atoms with van der Waals surface area (Å²) in [5.41, 5.74) is 0.850. The monoisotopic (exact) mass is 720 g/mol. The third kappa shape index (κ3) is 8.33. The van der Waals surface area contributed by atoms with Crippen LogP contribution in [0.25, 0.3) is 0 Å². The Hall–Kier alpha value is -6.56. The molecule has 0 aliphatic rings. The van der Waals surface area contributed by atoms with Gasteiger partial charge in [0, 0.05) is 22.3 Å². The van der Waals surface area contributed by atoms with Gasteiger partial charge in [0.2, 0.25) is 0 Å². The molecule has 0 aliphatic heterocycles. The van der Waals surface area contributed by atoms with Crippen LogP contribution in [-0.2, 0) is 43.5 Å². The number of ether oxygens (including phenoxy) is 4. The lowest BCUT2D eigenvalue weighted by atomic mass is 9.64. The van der Waals surface area contributed by atoms with Gasteiger partial charge in [0.25, 0.3) is 23.1 Å². The highest BCUT2D eigenvalue weighted by molar-refractivity contribution is 6.42. The minimum absolute atomic E-state index is 0.00373. The van der Waals surface area contributed by atoms with Gasteiger partial charge in [0.1, 0.15) is 0 Å². The smallest absolute Gasteiger partial charge is 0.379 e. The maximum atomic E-state index is 12.8. The van der Waals surface area contributed by atoms with Crippen LogP contribution in [0.1, 0.15) is 91.4 Å². The molecular weight excluding hydrogens is 684 g/mol. The molecule has 0 heterocycles. The predicted octanol–water partition coefficient (Wildman–Crippen LogP) is 5.05. The fraction of sp³-hybridized carbons (Fsp3) is 0.220. The van der Waals surface area contributed by atoms with Gasteiger partial charge in [-0.3, -0.25) is 19.2 Å². The van der Waals surface area contributed by atoms with Gasteiger partial charge in [-0.2, -0.15) is 0 Å². The summed E-state index contributed by atoms with van der Waals surface area (Å²) in [6, 6.07) is 24.4. The van der Waals surface area contributed by atoms with Crippen molar-refractivity contribution in [3.8, 4) is 0 Å². The van der Waals surface area contributed by atoms with E-state index in [4.69, 9.17) is 18.9 Å². The van der Waals surface area contributed by atoms with Crippen LogP contribution in [0.15, 0.2) is 97.1 Å². The average Bonchev–Trinajstić information content (AvgIpc) is 3.18. The number of rotatable bonds is 16. The first-order valence-corrected chi connectivity index (χ1v) is 16.7. The highest BCUT2D eigenvalue weighted by Gasteiger charge is 2.39. The zero-order chi connectivity index (χ0) is 38.7. The summed E-state index contributed by atoms with van der Waals surface area (Å²) in [6.45, 7) is 6.31. The highest BCUT2D eigenvalue weighted by atomic mass is 16.5. The largest absolute Gasteiger partial charge is 0.460 e. The van der Waals surface area contributed by atoms with Crippen molar-refractivity contribution in [3.05, 3.63) is 142 Å². The zero-order valence-electron chi connectivity index (χ0n) is 29.5. The molecule has 0 N–H and O–H groups in total. The van der Waals surface area contributed by atoms with E-state index in [1.807, 2.05) is 0 Å². The Labute approximate surface area is 305 Å². The number of hydrogen-bond acceptors (Lipinski definition) is 12. The van der Waals surface area contributed by atoms with E-state index in [1.165, 1.54) is 48.5 Å². The Balaban J connectivity index is 2.01. The second-order valence-electron chi connectivity index (χ2n) is 11.3. The SMILES string of the molecule is CCOC(=O)C(=O)c1ccc(C(c2ccc(C(=O)C(=O)OCC)cc2)(c2ccc(C(=O)C(=O)OCC)cc2)c2ccc(C(=O)C(=O)OCC)cc2)cc1. The molecule has 0 unspecified atom stereocenters. The van der Waals surface area contributed by atoms with Crippen molar-refractivity contribution in [1.29, 1.82) is 0 Å². The van der Waals surface area contributed by atoms with E-state index in [2.05, 4.69) is 0 Å². The Morgan fingerprint density at radius 1 is 0.340 bits per heavy atom. The van der Waals surface area contributed by atoms with E-state index in [-0.39, 0.29) is 48.7 Å². The van der Waals surface area contributed by atoms with Crippen molar-refractivity contribution in [1.82, 2.24) is 0 Å². The molecule has 4 aromatic rings. The van der Waals surface area contributed by atoms with Gasteiger partial charge in [-0.15, -0.1) is 0 Å². The molecule has 0 aromatic heterocycles. The van der Waals surface area contributed by atoms with Crippen molar-refractivity contribution in [2.45, 2.75) is 33.1 Å². The number of ketones is 4. The second kappa shape index (κ2) is 17.6. The molecule has 0 spiro atoms. The quantitative estimate of drug-likeness (QED) is 0.0496. The van der Waals surface area contributed by atoms with Gasteiger partial charge in [0.15, 0.2) is 0 Å². The number of esters is 4. The summed E-state index contributed by atoms with van der Waals surface area (Å²) < 4.78 is 19.5. The van der Waals surface area contributed by atoms with E-state index in [9.17, 15) is 38.4 Å². The molecule has 4 rings (SSSR count). The van der Waals surface area contributed by atoms with Crippen molar-refractivity contribution >= 4 is 47.0 Å². The summed E-state index contributed by atoms with van der Waals surface area (Å²) in [6.07, 6.45) is 0. The molecule has 0 saturated carbocycles. The topological polar surface area (TPSA) is 173 Å². The molecule has 12 nitrogen and oxygen atoms in total. The Kier molecular flexibility index (Phi) is 13.0. The maximum absolute atomic E-state index is 12.8. The average molecular weight is 721 g/mol. The maximum Gasteiger partial charge on any atom is 0.379 e. The summed E-state index contributed by atoms with van der Waals surface area (Å²) in [5, 5.41) is 0. The van der Waals surface area contributed by atoms with Crippen LogP contribution >= 0.6 is 0 Å². The molecule has 0 fully saturated rings. The molecule has 272 valence electrons. The van der Waals surface area contributed by atoms with Gasteiger partial charge < -0.3 is 18.9 Å². The summed E-state index contributed by atoms with van der Waals surface area (Å²) >= 11 is 0.